The lowest BCUT2D eigenvalue weighted by molar-refractivity contribution is -0.126. The second kappa shape index (κ2) is 14.8. The maximum atomic E-state index is 13.6. The normalized spacial score (nSPS) is 11.6. The Kier molecular flexibility index (Phi) is 11.5. The first-order valence-corrected chi connectivity index (χ1v) is 14.7. The number of rotatable bonds is 13. The van der Waals surface area contributed by atoms with Crippen molar-refractivity contribution < 1.29 is 18.0 Å². The van der Waals surface area contributed by atoms with Crippen LogP contribution in [0.15, 0.2) is 76.7 Å². The average molecular weight is 605 g/mol. The molecule has 4 N–H and O–H groups in total. The molecule has 3 aromatic rings. The number of sulfonamides is 1. The summed E-state index contributed by atoms with van der Waals surface area (Å²) in [5.74, 6) is 4.13. The topological polar surface area (TPSA) is 134 Å². The Hall–Kier alpha value is -3.44. The zero-order valence-corrected chi connectivity index (χ0v) is 24.3. The van der Waals surface area contributed by atoms with Gasteiger partial charge in [-0.2, -0.15) is 9.41 Å². The Bertz CT molecular complexity index is 1450. The third-order valence-electron chi connectivity index (χ3n) is 6.10. The molecule has 0 unspecified atom stereocenters. The van der Waals surface area contributed by atoms with Gasteiger partial charge in [0.2, 0.25) is 21.8 Å². The summed E-state index contributed by atoms with van der Waals surface area (Å²) in [5, 5.41) is 9.05. The number of hydrogen-bond acceptors (Lipinski definition) is 6. The molecule has 0 aliphatic carbocycles. The molecule has 212 valence electrons. The summed E-state index contributed by atoms with van der Waals surface area (Å²) < 4.78 is 28.2. The van der Waals surface area contributed by atoms with Gasteiger partial charge in [-0.1, -0.05) is 77.8 Å². The molecule has 2 amide bonds. The number of benzene rings is 3. The highest BCUT2D eigenvalue weighted by Gasteiger charge is 2.29. The van der Waals surface area contributed by atoms with Gasteiger partial charge in [-0.3, -0.25) is 9.59 Å². The van der Waals surface area contributed by atoms with Gasteiger partial charge in [-0.25, -0.2) is 8.42 Å². The standard InChI is InChI=1S/C28H31Cl2N5O4S/c1-20-24(29)11-12-25(28(20)30)40(38,39)35(16-14-21-5-3-2-4-6-21)19-27(37)33-18-26(36)32-15-13-22-7-9-23(10-8-22)17-34-31/h2-12,17H,13-16,18-19,31H2,1H3,(H,32,36)(H,33,37). The number of nitrogens with two attached hydrogens (primary N) is 1. The van der Waals surface area contributed by atoms with Crippen molar-refractivity contribution in [3.8, 4) is 0 Å². The molecule has 9 nitrogen and oxygen atoms in total. The lowest BCUT2D eigenvalue weighted by Crippen LogP contribution is -2.44. The molecule has 0 radical (unpaired) electrons. The number of hydrogen-bond donors (Lipinski definition) is 3. The van der Waals surface area contributed by atoms with Crippen molar-refractivity contribution in [2.45, 2.75) is 24.7 Å². The summed E-state index contributed by atoms with van der Waals surface area (Å²) in [7, 11) is -4.16. The fourth-order valence-corrected chi connectivity index (χ4v) is 6.00. The molecule has 0 bridgehead atoms. The molecular weight excluding hydrogens is 573 g/mol. The second-order valence-electron chi connectivity index (χ2n) is 8.96. The number of hydrazone groups is 1. The number of carbonyl (C=O) groups is 2. The fraction of sp³-hybridized carbons (Fsp3) is 0.250. The summed E-state index contributed by atoms with van der Waals surface area (Å²) in [6, 6.07) is 19.6. The minimum atomic E-state index is -4.16. The van der Waals surface area contributed by atoms with E-state index in [1.54, 1.807) is 6.92 Å². The van der Waals surface area contributed by atoms with Gasteiger partial charge in [0, 0.05) is 18.1 Å². The number of nitrogens with zero attached hydrogens (tertiary/aromatic N) is 2. The molecular formula is C28H31Cl2N5O4S. The Labute approximate surface area is 244 Å². The van der Waals surface area contributed by atoms with Crippen LogP contribution in [-0.4, -0.2) is 56.9 Å². The van der Waals surface area contributed by atoms with Crippen LogP contribution in [0.5, 0.6) is 0 Å². The molecule has 0 saturated carbocycles. The maximum Gasteiger partial charge on any atom is 0.245 e. The molecule has 0 heterocycles. The van der Waals surface area contributed by atoms with E-state index >= 15 is 0 Å². The van der Waals surface area contributed by atoms with Crippen LogP contribution in [0.4, 0.5) is 0 Å². The van der Waals surface area contributed by atoms with Crippen LogP contribution < -0.4 is 16.5 Å². The lowest BCUT2D eigenvalue weighted by atomic mass is 10.1. The van der Waals surface area contributed by atoms with Crippen LogP contribution in [0.3, 0.4) is 0 Å². The van der Waals surface area contributed by atoms with Crippen molar-refractivity contribution in [2.24, 2.45) is 10.9 Å². The molecule has 3 rings (SSSR count). The Morgan fingerprint density at radius 1 is 0.925 bits per heavy atom. The molecule has 12 heteroatoms. The molecule has 0 saturated heterocycles. The molecule has 3 aromatic carbocycles. The summed E-state index contributed by atoms with van der Waals surface area (Å²) in [6.07, 6.45) is 2.50. The SMILES string of the molecule is Cc1c(Cl)ccc(S(=O)(=O)N(CCc2ccccc2)CC(=O)NCC(=O)NCCc2ccc(C=NN)cc2)c1Cl. The van der Waals surface area contributed by atoms with E-state index in [9.17, 15) is 18.0 Å². The average Bonchev–Trinajstić information content (AvgIpc) is 2.94. The molecule has 0 aliphatic heterocycles. The van der Waals surface area contributed by atoms with E-state index in [2.05, 4.69) is 15.7 Å². The van der Waals surface area contributed by atoms with Gasteiger partial charge >= 0.3 is 0 Å². The van der Waals surface area contributed by atoms with Gasteiger partial charge < -0.3 is 16.5 Å². The molecule has 40 heavy (non-hydrogen) atoms. The van der Waals surface area contributed by atoms with Crippen LogP contribution in [0.1, 0.15) is 22.3 Å². The van der Waals surface area contributed by atoms with Crippen LogP contribution >= 0.6 is 23.2 Å². The Morgan fingerprint density at radius 3 is 2.27 bits per heavy atom. The van der Waals surface area contributed by atoms with Crippen molar-refractivity contribution in [3.63, 3.8) is 0 Å². The number of nitrogens with one attached hydrogen (secondary N) is 2. The number of amides is 2. The van der Waals surface area contributed by atoms with Crippen molar-refractivity contribution >= 4 is 51.3 Å². The van der Waals surface area contributed by atoms with E-state index in [0.717, 1.165) is 21.0 Å². The van der Waals surface area contributed by atoms with E-state index in [4.69, 9.17) is 29.0 Å². The van der Waals surface area contributed by atoms with Gasteiger partial charge in [0.25, 0.3) is 0 Å². The summed E-state index contributed by atoms with van der Waals surface area (Å²) in [4.78, 5) is 24.9. The quantitative estimate of drug-likeness (QED) is 0.156. The molecule has 0 atom stereocenters. The number of carbonyl (C=O) groups excluding carboxylic acids is 2. The van der Waals surface area contributed by atoms with Gasteiger partial charge in [-0.15, -0.1) is 0 Å². The highest BCUT2D eigenvalue weighted by Crippen LogP contribution is 2.32. The van der Waals surface area contributed by atoms with Crippen LogP contribution in [0.2, 0.25) is 10.0 Å². The van der Waals surface area contributed by atoms with E-state index in [-0.39, 0.29) is 23.0 Å². The van der Waals surface area contributed by atoms with Crippen LogP contribution in [0.25, 0.3) is 0 Å². The number of halogens is 2. The first-order valence-electron chi connectivity index (χ1n) is 12.5. The van der Waals surface area contributed by atoms with Gasteiger partial charge in [0.1, 0.15) is 4.90 Å². The molecule has 0 aliphatic rings. The monoisotopic (exact) mass is 603 g/mol. The van der Waals surface area contributed by atoms with E-state index < -0.39 is 28.4 Å². The highest BCUT2D eigenvalue weighted by molar-refractivity contribution is 7.89. The van der Waals surface area contributed by atoms with E-state index in [0.29, 0.717) is 30.0 Å². The van der Waals surface area contributed by atoms with Gasteiger partial charge in [0.15, 0.2) is 0 Å². The van der Waals surface area contributed by atoms with E-state index in [1.165, 1.54) is 18.3 Å². The largest absolute Gasteiger partial charge is 0.354 e. The zero-order chi connectivity index (χ0) is 29.1. The van der Waals surface area contributed by atoms with Gasteiger partial charge in [0.05, 0.1) is 24.3 Å². The summed E-state index contributed by atoms with van der Waals surface area (Å²) in [6.45, 7) is 1.23. The minimum absolute atomic E-state index is 0.000788. The van der Waals surface area contributed by atoms with Crippen molar-refractivity contribution in [1.82, 2.24) is 14.9 Å². The highest BCUT2D eigenvalue weighted by atomic mass is 35.5. The molecule has 0 fully saturated rings. The third-order valence-corrected chi connectivity index (χ3v) is 9.00. The predicted molar refractivity (Wildman–Crippen MR) is 158 cm³/mol. The Balaban J connectivity index is 1.60. The Morgan fingerprint density at radius 2 is 1.60 bits per heavy atom. The molecule has 0 spiro atoms. The first-order chi connectivity index (χ1) is 19.1. The fourth-order valence-electron chi connectivity index (χ4n) is 3.82. The third kappa shape index (κ3) is 8.79. The summed E-state index contributed by atoms with van der Waals surface area (Å²) in [5.41, 5.74) is 3.21. The minimum Gasteiger partial charge on any atom is -0.354 e. The van der Waals surface area contributed by atoms with Crippen molar-refractivity contribution in [2.75, 3.05) is 26.2 Å². The first kappa shape index (κ1) is 31.1. The lowest BCUT2D eigenvalue weighted by Gasteiger charge is -2.23. The van der Waals surface area contributed by atoms with Gasteiger partial charge in [-0.05, 0) is 54.2 Å². The molecule has 0 aromatic heterocycles. The second-order valence-corrected chi connectivity index (χ2v) is 11.6. The zero-order valence-electron chi connectivity index (χ0n) is 21.9. The van der Waals surface area contributed by atoms with Crippen LogP contribution in [0, 0.1) is 6.92 Å². The van der Waals surface area contributed by atoms with Crippen molar-refractivity contribution in [1.29, 1.82) is 0 Å². The van der Waals surface area contributed by atoms with Crippen molar-refractivity contribution in [3.05, 3.63) is 99.0 Å². The van der Waals surface area contributed by atoms with Crippen LogP contribution in [-0.2, 0) is 32.5 Å². The summed E-state index contributed by atoms with van der Waals surface area (Å²) >= 11 is 12.4. The van der Waals surface area contributed by atoms with E-state index in [1.807, 2.05) is 54.6 Å². The maximum absolute atomic E-state index is 13.6. The predicted octanol–water partition coefficient (Wildman–Crippen LogP) is 3.30. The smallest absolute Gasteiger partial charge is 0.245 e.